The normalized spacial score (nSPS) is 12.9. The molecule has 1 N–H and O–H groups in total. The van der Waals surface area contributed by atoms with E-state index in [2.05, 4.69) is 42.9 Å². The van der Waals surface area contributed by atoms with Crippen LogP contribution in [0.1, 0.15) is 16.6 Å². The average Bonchev–Trinajstić information content (AvgIpc) is 2.84. The molecule has 1 atom stereocenters. The summed E-state index contributed by atoms with van der Waals surface area (Å²) in [6, 6.07) is 4.57. The largest absolute Gasteiger partial charge is 0.336 e. The van der Waals surface area contributed by atoms with E-state index in [9.17, 15) is 0 Å². The Bertz CT molecular complexity index is 463. The van der Waals surface area contributed by atoms with Crippen LogP contribution in [0.25, 0.3) is 0 Å². The molecule has 2 aromatic rings. The van der Waals surface area contributed by atoms with Crippen molar-refractivity contribution in [3.8, 4) is 0 Å². The van der Waals surface area contributed by atoms with Crippen LogP contribution < -0.4 is 5.32 Å². The van der Waals surface area contributed by atoms with E-state index >= 15 is 0 Å². The zero-order chi connectivity index (χ0) is 11.5. The van der Waals surface area contributed by atoms with E-state index in [1.165, 1.54) is 14.4 Å². The maximum absolute atomic E-state index is 4.15. The van der Waals surface area contributed by atoms with Crippen molar-refractivity contribution < 1.29 is 0 Å². The summed E-state index contributed by atoms with van der Waals surface area (Å²) < 4.78 is 3.24. The van der Waals surface area contributed by atoms with Gasteiger partial charge in [-0.15, -0.1) is 11.3 Å². The SMILES string of the molecule is CNC(Cc1ccc(Br)s1)c1cncn1C. The van der Waals surface area contributed by atoms with Gasteiger partial charge in [-0.1, -0.05) is 0 Å². The molecule has 0 aliphatic rings. The highest BCUT2D eigenvalue weighted by molar-refractivity contribution is 9.11. The highest BCUT2D eigenvalue weighted by Crippen LogP contribution is 2.26. The molecule has 0 aliphatic heterocycles. The number of thiophene rings is 1. The second kappa shape index (κ2) is 5.12. The van der Waals surface area contributed by atoms with Gasteiger partial charge in [-0.3, -0.25) is 0 Å². The molecule has 0 fully saturated rings. The van der Waals surface area contributed by atoms with Crippen molar-refractivity contribution in [3.05, 3.63) is 39.0 Å². The van der Waals surface area contributed by atoms with Crippen molar-refractivity contribution in [2.75, 3.05) is 7.05 Å². The van der Waals surface area contributed by atoms with E-state index < -0.39 is 0 Å². The number of hydrogen-bond donors (Lipinski definition) is 1. The maximum atomic E-state index is 4.15. The van der Waals surface area contributed by atoms with Gasteiger partial charge in [0, 0.05) is 24.5 Å². The van der Waals surface area contributed by atoms with Crippen LogP contribution in [0.3, 0.4) is 0 Å². The number of aromatic nitrogens is 2. The van der Waals surface area contributed by atoms with E-state index in [1.54, 1.807) is 11.3 Å². The van der Waals surface area contributed by atoms with Gasteiger partial charge in [0.25, 0.3) is 0 Å². The third kappa shape index (κ3) is 2.53. The van der Waals surface area contributed by atoms with Crippen molar-refractivity contribution >= 4 is 27.3 Å². The number of aryl methyl sites for hydroxylation is 1. The number of nitrogens with one attached hydrogen (secondary N) is 1. The molecule has 0 amide bonds. The molecule has 86 valence electrons. The summed E-state index contributed by atoms with van der Waals surface area (Å²) in [5.41, 5.74) is 1.21. The van der Waals surface area contributed by atoms with Crippen LogP contribution in [0.15, 0.2) is 28.4 Å². The zero-order valence-electron chi connectivity index (χ0n) is 9.27. The predicted molar refractivity (Wildman–Crippen MR) is 70.7 cm³/mol. The molecule has 0 saturated heterocycles. The summed E-state index contributed by atoms with van der Waals surface area (Å²) in [4.78, 5) is 5.52. The number of rotatable bonds is 4. The maximum Gasteiger partial charge on any atom is 0.0946 e. The minimum absolute atomic E-state index is 0.318. The van der Waals surface area contributed by atoms with Gasteiger partial charge < -0.3 is 9.88 Å². The standard InChI is InChI=1S/C11H14BrN3S/c1-13-9(10-6-14-7-15(10)2)5-8-3-4-11(12)16-8/h3-4,6-7,9,13H,5H2,1-2H3. The lowest BCUT2D eigenvalue weighted by molar-refractivity contribution is 0.559. The lowest BCUT2D eigenvalue weighted by Gasteiger charge is -2.15. The van der Waals surface area contributed by atoms with Gasteiger partial charge in [0.1, 0.15) is 0 Å². The van der Waals surface area contributed by atoms with Crippen LogP contribution in [-0.2, 0) is 13.5 Å². The molecule has 0 spiro atoms. The molecule has 5 heteroatoms. The first-order valence-corrected chi connectivity index (χ1v) is 6.69. The van der Waals surface area contributed by atoms with Crippen LogP contribution in [0.5, 0.6) is 0 Å². The van der Waals surface area contributed by atoms with E-state index in [-0.39, 0.29) is 0 Å². The Morgan fingerprint density at radius 3 is 2.88 bits per heavy atom. The quantitative estimate of drug-likeness (QED) is 0.941. The number of hydrogen-bond acceptors (Lipinski definition) is 3. The average molecular weight is 300 g/mol. The molecule has 0 aliphatic carbocycles. The van der Waals surface area contributed by atoms with Gasteiger partial charge >= 0.3 is 0 Å². The van der Waals surface area contributed by atoms with Gasteiger partial charge in [0.15, 0.2) is 0 Å². The molecule has 2 aromatic heterocycles. The molecule has 2 heterocycles. The summed E-state index contributed by atoms with van der Waals surface area (Å²) in [7, 11) is 4.01. The third-order valence-corrected chi connectivity index (χ3v) is 4.24. The molecule has 0 radical (unpaired) electrons. The second-order valence-corrected chi connectivity index (χ2v) is 6.23. The van der Waals surface area contributed by atoms with Gasteiger partial charge in [-0.25, -0.2) is 4.98 Å². The second-order valence-electron chi connectivity index (χ2n) is 3.68. The van der Waals surface area contributed by atoms with Crippen molar-refractivity contribution in [2.45, 2.75) is 12.5 Å². The highest BCUT2D eigenvalue weighted by atomic mass is 79.9. The minimum atomic E-state index is 0.318. The topological polar surface area (TPSA) is 29.9 Å². The zero-order valence-corrected chi connectivity index (χ0v) is 11.7. The van der Waals surface area contributed by atoms with Crippen LogP contribution in [-0.4, -0.2) is 16.6 Å². The first kappa shape index (κ1) is 11.8. The van der Waals surface area contributed by atoms with Crippen LogP contribution in [0.2, 0.25) is 0 Å². The highest BCUT2D eigenvalue weighted by Gasteiger charge is 2.14. The number of halogens is 1. The first-order valence-electron chi connectivity index (χ1n) is 5.08. The van der Waals surface area contributed by atoms with Crippen molar-refractivity contribution in [1.29, 1.82) is 0 Å². The van der Waals surface area contributed by atoms with E-state index in [1.807, 2.05) is 26.6 Å². The Morgan fingerprint density at radius 1 is 1.56 bits per heavy atom. The fourth-order valence-electron chi connectivity index (χ4n) is 1.72. The lowest BCUT2D eigenvalue weighted by atomic mass is 10.1. The minimum Gasteiger partial charge on any atom is -0.336 e. The van der Waals surface area contributed by atoms with E-state index in [0.717, 1.165) is 6.42 Å². The molecule has 3 nitrogen and oxygen atoms in total. The molecule has 0 bridgehead atoms. The van der Waals surface area contributed by atoms with Crippen molar-refractivity contribution in [2.24, 2.45) is 7.05 Å². The van der Waals surface area contributed by atoms with Gasteiger partial charge in [-0.2, -0.15) is 0 Å². The molecule has 0 saturated carbocycles. The summed E-state index contributed by atoms with van der Waals surface area (Å²) >= 11 is 5.27. The fourth-order valence-corrected chi connectivity index (χ4v) is 3.25. The van der Waals surface area contributed by atoms with E-state index in [0.29, 0.717) is 6.04 Å². The first-order chi connectivity index (χ1) is 7.70. The van der Waals surface area contributed by atoms with Crippen LogP contribution >= 0.6 is 27.3 Å². The molecule has 1 unspecified atom stereocenters. The Hall–Kier alpha value is -0.650. The van der Waals surface area contributed by atoms with Crippen molar-refractivity contribution in [1.82, 2.24) is 14.9 Å². The Morgan fingerprint density at radius 2 is 2.38 bits per heavy atom. The summed E-state index contributed by atoms with van der Waals surface area (Å²) in [6.45, 7) is 0. The molecule has 16 heavy (non-hydrogen) atoms. The Labute approximate surface area is 108 Å². The van der Waals surface area contributed by atoms with Crippen LogP contribution in [0, 0.1) is 0 Å². The third-order valence-electron chi connectivity index (χ3n) is 2.59. The Balaban J connectivity index is 2.15. The Kier molecular flexibility index (Phi) is 3.78. The molecule has 0 aromatic carbocycles. The fraction of sp³-hybridized carbons (Fsp3) is 0.364. The number of likely N-dealkylation sites (N-methyl/N-ethyl adjacent to an activating group) is 1. The van der Waals surface area contributed by atoms with Crippen LogP contribution in [0.4, 0.5) is 0 Å². The number of imidazole rings is 1. The molecular formula is C11H14BrN3S. The lowest BCUT2D eigenvalue weighted by Crippen LogP contribution is -2.20. The van der Waals surface area contributed by atoms with Crippen molar-refractivity contribution in [3.63, 3.8) is 0 Å². The monoisotopic (exact) mass is 299 g/mol. The summed E-state index contributed by atoms with van der Waals surface area (Å²) in [5.74, 6) is 0. The van der Waals surface area contributed by atoms with Gasteiger partial charge in [0.2, 0.25) is 0 Å². The summed E-state index contributed by atoms with van der Waals surface area (Å²) in [5, 5.41) is 3.33. The molecular weight excluding hydrogens is 286 g/mol. The van der Waals surface area contributed by atoms with Gasteiger partial charge in [0.05, 0.1) is 21.8 Å². The smallest absolute Gasteiger partial charge is 0.0946 e. The summed E-state index contributed by atoms with van der Waals surface area (Å²) in [6.07, 6.45) is 4.75. The number of nitrogens with zero attached hydrogens (tertiary/aromatic N) is 2. The molecule has 2 rings (SSSR count). The predicted octanol–water partition coefficient (Wildman–Crippen LogP) is 2.75. The van der Waals surface area contributed by atoms with E-state index in [4.69, 9.17) is 0 Å². The van der Waals surface area contributed by atoms with Gasteiger partial charge in [-0.05, 0) is 35.1 Å².